The van der Waals surface area contributed by atoms with Crippen LogP contribution in [-0.4, -0.2) is 50.7 Å². The van der Waals surface area contributed by atoms with Crippen molar-refractivity contribution in [2.75, 3.05) is 45.0 Å². The third-order valence-corrected chi connectivity index (χ3v) is 4.49. The molecule has 9 nitrogen and oxygen atoms in total. The first kappa shape index (κ1) is 24.7. The summed E-state index contributed by atoms with van der Waals surface area (Å²) in [6, 6.07) is 12.5. The Bertz CT molecular complexity index is 847. The van der Waals surface area contributed by atoms with Crippen LogP contribution < -0.4 is 5.32 Å². The van der Waals surface area contributed by atoms with Crippen LogP contribution in [0.2, 0.25) is 10.0 Å². The fourth-order valence-corrected chi connectivity index (χ4v) is 2.95. The van der Waals surface area contributed by atoms with Crippen molar-refractivity contribution in [1.82, 2.24) is 0 Å². The fraction of sp³-hybridized carbons (Fsp3) is 0.350. The maximum absolute atomic E-state index is 12.2. The number of carbonyl (C=O) groups is 1. The molecular weight excluding hydrogens is 451 g/mol. The zero-order valence-electron chi connectivity index (χ0n) is 16.6. The molecule has 0 amide bonds. The number of rotatable bonds is 14. The molecule has 2 aromatic rings. The molecule has 0 aromatic heterocycles. The van der Waals surface area contributed by atoms with E-state index in [9.17, 15) is 14.9 Å². The molecule has 168 valence electrons. The highest BCUT2D eigenvalue weighted by Gasteiger charge is 2.12. The third kappa shape index (κ3) is 9.39. The molecule has 1 N–H and O–H groups in total. The van der Waals surface area contributed by atoms with Crippen LogP contribution in [0.3, 0.4) is 0 Å². The van der Waals surface area contributed by atoms with E-state index in [0.717, 1.165) is 5.56 Å². The van der Waals surface area contributed by atoms with Crippen molar-refractivity contribution in [1.29, 1.82) is 0 Å². The molecule has 0 saturated heterocycles. The normalized spacial score (nSPS) is 10.5. The molecule has 0 spiro atoms. The van der Waals surface area contributed by atoms with E-state index in [4.69, 9.17) is 37.4 Å². The van der Waals surface area contributed by atoms with E-state index in [1.807, 2.05) is 24.3 Å². The predicted octanol–water partition coefficient (Wildman–Crippen LogP) is 4.06. The molecule has 0 unspecified atom stereocenters. The Hall–Kier alpha value is -2.59. The number of ether oxygens (including phenoxy) is 3. The standard InChI is InChI=1S/C20H22Cl2N2O7/c21-16-5-3-6-17(22)20(16)23-18-7-2-1-4-15(18)14-19(25)30-12-10-28-8-9-29-11-13-31-24(26)27/h1-7,23H,8-14H2. The van der Waals surface area contributed by atoms with Crippen molar-refractivity contribution >= 4 is 40.5 Å². The lowest BCUT2D eigenvalue weighted by atomic mass is 10.1. The smallest absolute Gasteiger partial charge is 0.310 e. The molecule has 0 fully saturated rings. The summed E-state index contributed by atoms with van der Waals surface area (Å²) < 4.78 is 15.5. The number of para-hydroxylation sites is 2. The van der Waals surface area contributed by atoms with E-state index in [1.54, 1.807) is 18.2 Å². The Morgan fingerprint density at radius 3 is 2.19 bits per heavy atom. The molecule has 0 radical (unpaired) electrons. The van der Waals surface area contributed by atoms with Gasteiger partial charge in [0.15, 0.2) is 0 Å². The summed E-state index contributed by atoms with van der Waals surface area (Å²) in [4.78, 5) is 26.2. The van der Waals surface area contributed by atoms with Gasteiger partial charge in [-0.1, -0.05) is 47.5 Å². The maximum Gasteiger partial charge on any atom is 0.310 e. The first-order chi connectivity index (χ1) is 15.0. The minimum absolute atomic E-state index is 0.0603. The zero-order valence-corrected chi connectivity index (χ0v) is 18.1. The highest BCUT2D eigenvalue weighted by Crippen LogP contribution is 2.33. The van der Waals surface area contributed by atoms with Crippen molar-refractivity contribution in [2.45, 2.75) is 6.42 Å². The quantitative estimate of drug-likeness (QED) is 0.189. The molecule has 0 bridgehead atoms. The van der Waals surface area contributed by atoms with E-state index < -0.39 is 11.1 Å². The van der Waals surface area contributed by atoms with Crippen LogP contribution in [0.25, 0.3) is 0 Å². The van der Waals surface area contributed by atoms with Crippen molar-refractivity contribution in [3.8, 4) is 0 Å². The molecule has 0 heterocycles. The van der Waals surface area contributed by atoms with E-state index in [-0.39, 0.29) is 46.1 Å². The number of nitrogens with zero attached hydrogens (tertiary/aromatic N) is 1. The van der Waals surface area contributed by atoms with Gasteiger partial charge < -0.3 is 24.4 Å². The number of esters is 1. The number of hydrogen-bond acceptors (Lipinski definition) is 8. The zero-order chi connectivity index (χ0) is 22.5. The summed E-state index contributed by atoms with van der Waals surface area (Å²) in [6.45, 7) is 0.765. The number of benzene rings is 2. The summed E-state index contributed by atoms with van der Waals surface area (Å²) >= 11 is 12.4. The molecular formula is C20H22Cl2N2O7. The first-order valence-electron chi connectivity index (χ1n) is 9.34. The Labute approximate surface area is 189 Å². The second-order valence-corrected chi connectivity index (χ2v) is 6.87. The third-order valence-electron chi connectivity index (χ3n) is 3.86. The number of halogens is 2. The van der Waals surface area contributed by atoms with Crippen LogP contribution in [0.5, 0.6) is 0 Å². The Morgan fingerprint density at radius 2 is 1.52 bits per heavy atom. The minimum atomic E-state index is -0.880. The van der Waals surface area contributed by atoms with Gasteiger partial charge in [-0.05, 0) is 23.8 Å². The summed E-state index contributed by atoms with van der Waals surface area (Å²) in [5, 5.41) is 13.2. The van der Waals surface area contributed by atoms with Crippen LogP contribution in [0, 0.1) is 10.1 Å². The van der Waals surface area contributed by atoms with Gasteiger partial charge in [-0.2, -0.15) is 0 Å². The second-order valence-electron chi connectivity index (χ2n) is 6.06. The number of carbonyl (C=O) groups excluding carboxylic acids is 1. The average Bonchev–Trinajstić information content (AvgIpc) is 2.73. The molecule has 11 heteroatoms. The summed E-state index contributed by atoms with van der Waals surface area (Å²) in [5.41, 5.74) is 1.99. The summed E-state index contributed by atoms with van der Waals surface area (Å²) in [7, 11) is 0. The van der Waals surface area contributed by atoms with Gasteiger partial charge in [0.25, 0.3) is 5.09 Å². The van der Waals surface area contributed by atoms with Crippen LogP contribution in [0.15, 0.2) is 42.5 Å². The predicted molar refractivity (Wildman–Crippen MR) is 115 cm³/mol. The number of hydrogen-bond donors (Lipinski definition) is 1. The SMILES string of the molecule is O=C(Cc1ccccc1Nc1c(Cl)cccc1Cl)OCCOCCOCCO[N+](=O)[O-]. The van der Waals surface area contributed by atoms with Crippen LogP contribution >= 0.6 is 23.2 Å². The topological polar surface area (TPSA) is 109 Å². The molecule has 2 aromatic carbocycles. The summed E-state index contributed by atoms with van der Waals surface area (Å²) in [5.74, 6) is -0.406. The van der Waals surface area contributed by atoms with Gasteiger partial charge in [0.05, 0.1) is 48.6 Å². The largest absolute Gasteiger partial charge is 0.463 e. The van der Waals surface area contributed by atoms with Crippen molar-refractivity contribution in [3.63, 3.8) is 0 Å². The van der Waals surface area contributed by atoms with Crippen molar-refractivity contribution in [3.05, 3.63) is 68.2 Å². The lowest BCUT2D eigenvalue weighted by Gasteiger charge is -2.14. The van der Waals surface area contributed by atoms with Gasteiger partial charge in [0, 0.05) is 5.69 Å². The molecule has 0 saturated carbocycles. The monoisotopic (exact) mass is 472 g/mol. The van der Waals surface area contributed by atoms with E-state index in [2.05, 4.69) is 10.2 Å². The molecule has 0 aliphatic carbocycles. The van der Waals surface area contributed by atoms with Gasteiger partial charge in [-0.3, -0.25) is 4.79 Å². The highest BCUT2D eigenvalue weighted by molar-refractivity contribution is 6.39. The van der Waals surface area contributed by atoms with E-state index >= 15 is 0 Å². The Balaban J connectivity index is 1.69. The van der Waals surface area contributed by atoms with Gasteiger partial charge in [0.2, 0.25) is 0 Å². The molecule has 0 aliphatic heterocycles. The van der Waals surface area contributed by atoms with Gasteiger partial charge in [-0.15, -0.1) is 10.1 Å². The van der Waals surface area contributed by atoms with Crippen LogP contribution in [0.1, 0.15) is 5.56 Å². The molecule has 2 rings (SSSR count). The van der Waals surface area contributed by atoms with Crippen molar-refractivity contribution < 1.29 is 28.9 Å². The number of nitrogens with one attached hydrogen (secondary N) is 1. The highest BCUT2D eigenvalue weighted by atomic mass is 35.5. The maximum atomic E-state index is 12.2. The van der Waals surface area contributed by atoms with Gasteiger partial charge >= 0.3 is 5.97 Å². The lowest BCUT2D eigenvalue weighted by Crippen LogP contribution is -2.15. The number of anilines is 2. The summed E-state index contributed by atoms with van der Waals surface area (Å²) in [6.07, 6.45) is 0.0603. The average molecular weight is 473 g/mol. The van der Waals surface area contributed by atoms with Gasteiger partial charge in [-0.25, -0.2) is 0 Å². The Kier molecular flexibility index (Phi) is 10.9. The minimum Gasteiger partial charge on any atom is -0.463 e. The first-order valence-corrected chi connectivity index (χ1v) is 10.1. The van der Waals surface area contributed by atoms with Crippen molar-refractivity contribution in [2.24, 2.45) is 0 Å². The second kappa shape index (κ2) is 13.7. The van der Waals surface area contributed by atoms with Crippen LogP contribution in [-0.2, 0) is 30.3 Å². The lowest BCUT2D eigenvalue weighted by molar-refractivity contribution is -0.758. The Morgan fingerprint density at radius 1 is 0.903 bits per heavy atom. The molecule has 31 heavy (non-hydrogen) atoms. The van der Waals surface area contributed by atoms with Crippen LogP contribution in [0.4, 0.5) is 11.4 Å². The van der Waals surface area contributed by atoms with Gasteiger partial charge in [0.1, 0.15) is 13.2 Å². The molecule has 0 aliphatic rings. The van der Waals surface area contributed by atoms with E-state index in [0.29, 0.717) is 21.4 Å². The van der Waals surface area contributed by atoms with E-state index in [1.165, 1.54) is 0 Å². The molecule has 0 atom stereocenters. The fourth-order valence-electron chi connectivity index (χ4n) is 2.46.